The molecule has 0 atom stereocenters. The summed E-state index contributed by atoms with van der Waals surface area (Å²) >= 11 is 0. The molecular weight excluding hydrogens is 324 g/mol. The SMILES string of the molecule is O=C(O)c1nc(-c2ccc3ccccc3c2)[nH]c1CC1CCCCCC1. The van der Waals surface area contributed by atoms with Crippen molar-refractivity contribution in [3.8, 4) is 11.4 Å². The highest BCUT2D eigenvalue weighted by atomic mass is 16.4. The number of aromatic nitrogens is 2. The van der Waals surface area contributed by atoms with Gasteiger partial charge in [0.15, 0.2) is 5.69 Å². The number of aromatic carboxylic acids is 1. The van der Waals surface area contributed by atoms with Crippen molar-refractivity contribution < 1.29 is 9.90 Å². The van der Waals surface area contributed by atoms with Crippen LogP contribution in [0.5, 0.6) is 0 Å². The minimum Gasteiger partial charge on any atom is -0.476 e. The lowest BCUT2D eigenvalue weighted by molar-refractivity contribution is 0.0689. The average molecular weight is 348 g/mol. The largest absolute Gasteiger partial charge is 0.476 e. The summed E-state index contributed by atoms with van der Waals surface area (Å²) in [7, 11) is 0. The molecule has 134 valence electrons. The van der Waals surface area contributed by atoms with Gasteiger partial charge in [0, 0.05) is 5.56 Å². The molecule has 0 aliphatic heterocycles. The summed E-state index contributed by atoms with van der Waals surface area (Å²) in [5.41, 5.74) is 1.88. The van der Waals surface area contributed by atoms with Gasteiger partial charge in [0.1, 0.15) is 5.82 Å². The number of carbonyl (C=O) groups is 1. The third kappa shape index (κ3) is 3.50. The van der Waals surface area contributed by atoms with Gasteiger partial charge < -0.3 is 10.1 Å². The van der Waals surface area contributed by atoms with E-state index >= 15 is 0 Å². The molecule has 1 aromatic heterocycles. The topological polar surface area (TPSA) is 66.0 Å². The lowest BCUT2D eigenvalue weighted by atomic mass is 9.94. The first-order chi connectivity index (χ1) is 12.7. The van der Waals surface area contributed by atoms with Crippen LogP contribution in [0.3, 0.4) is 0 Å². The molecule has 0 radical (unpaired) electrons. The van der Waals surface area contributed by atoms with E-state index in [-0.39, 0.29) is 5.69 Å². The van der Waals surface area contributed by atoms with Crippen LogP contribution in [0.15, 0.2) is 42.5 Å². The summed E-state index contributed by atoms with van der Waals surface area (Å²) in [4.78, 5) is 19.4. The van der Waals surface area contributed by atoms with Crippen molar-refractivity contribution >= 4 is 16.7 Å². The van der Waals surface area contributed by atoms with Crippen LogP contribution in [0.4, 0.5) is 0 Å². The molecule has 0 bridgehead atoms. The Labute approximate surface area is 153 Å². The number of benzene rings is 2. The number of carboxylic acid groups (broad SMARTS) is 1. The second-order valence-electron chi connectivity index (χ2n) is 7.34. The summed E-state index contributed by atoms with van der Waals surface area (Å²) in [6.07, 6.45) is 8.24. The van der Waals surface area contributed by atoms with Crippen LogP contribution < -0.4 is 0 Å². The fraction of sp³-hybridized carbons (Fsp3) is 0.364. The molecular formula is C22H24N2O2. The normalized spacial score (nSPS) is 15.8. The van der Waals surface area contributed by atoms with Crippen LogP contribution in [-0.2, 0) is 6.42 Å². The summed E-state index contributed by atoms with van der Waals surface area (Å²) in [5, 5.41) is 11.9. The number of hydrogen-bond acceptors (Lipinski definition) is 2. The van der Waals surface area contributed by atoms with Crippen LogP contribution in [0.2, 0.25) is 0 Å². The first-order valence-electron chi connectivity index (χ1n) is 9.52. The Kier molecular flexibility index (Phi) is 4.74. The fourth-order valence-electron chi connectivity index (χ4n) is 4.06. The van der Waals surface area contributed by atoms with Gasteiger partial charge in [-0.15, -0.1) is 0 Å². The molecule has 1 saturated carbocycles. The summed E-state index contributed by atoms with van der Waals surface area (Å²) in [5.74, 6) is 0.259. The number of H-pyrrole nitrogens is 1. The van der Waals surface area contributed by atoms with Crippen molar-refractivity contribution in [1.29, 1.82) is 0 Å². The number of nitrogens with zero attached hydrogens (tertiary/aromatic N) is 1. The van der Waals surface area contributed by atoms with Gasteiger partial charge in [0.25, 0.3) is 0 Å². The smallest absolute Gasteiger partial charge is 0.356 e. The monoisotopic (exact) mass is 348 g/mol. The number of hydrogen-bond donors (Lipinski definition) is 2. The van der Waals surface area contributed by atoms with Crippen molar-refractivity contribution in [3.05, 3.63) is 53.9 Å². The zero-order valence-electron chi connectivity index (χ0n) is 14.9. The van der Waals surface area contributed by atoms with Crippen LogP contribution >= 0.6 is 0 Å². The first kappa shape index (κ1) is 16.8. The lowest BCUT2D eigenvalue weighted by Gasteiger charge is -2.12. The van der Waals surface area contributed by atoms with E-state index in [1.165, 1.54) is 43.9 Å². The second kappa shape index (κ2) is 7.32. The third-order valence-corrected chi connectivity index (χ3v) is 5.47. The maximum atomic E-state index is 11.7. The average Bonchev–Trinajstić information content (AvgIpc) is 2.90. The van der Waals surface area contributed by atoms with Gasteiger partial charge in [-0.25, -0.2) is 9.78 Å². The minimum absolute atomic E-state index is 0.178. The summed E-state index contributed by atoms with van der Waals surface area (Å²) in [6.45, 7) is 0. The zero-order valence-corrected chi connectivity index (χ0v) is 14.9. The molecule has 4 rings (SSSR count). The highest BCUT2D eigenvalue weighted by molar-refractivity contribution is 5.89. The number of aromatic amines is 1. The lowest BCUT2D eigenvalue weighted by Crippen LogP contribution is -2.08. The summed E-state index contributed by atoms with van der Waals surface area (Å²) in [6, 6.07) is 14.3. The molecule has 1 aliphatic carbocycles. The van der Waals surface area contributed by atoms with Gasteiger partial charge in [-0.05, 0) is 29.2 Å². The van der Waals surface area contributed by atoms with Crippen molar-refractivity contribution in [3.63, 3.8) is 0 Å². The Hall–Kier alpha value is -2.62. The van der Waals surface area contributed by atoms with Crippen LogP contribution in [0.25, 0.3) is 22.2 Å². The van der Waals surface area contributed by atoms with E-state index in [0.717, 1.165) is 23.1 Å². The predicted octanol–water partition coefficient (Wildman–Crippen LogP) is 5.44. The molecule has 2 aromatic carbocycles. The fourth-order valence-corrected chi connectivity index (χ4v) is 4.06. The summed E-state index contributed by atoms with van der Waals surface area (Å²) < 4.78 is 0. The van der Waals surface area contributed by atoms with Gasteiger partial charge >= 0.3 is 5.97 Å². The van der Waals surface area contributed by atoms with E-state index in [4.69, 9.17) is 0 Å². The van der Waals surface area contributed by atoms with Crippen molar-refractivity contribution in [2.24, 2.45) is 5.92 Å². The van der Waals surface area contributed by atoms with E-state index in [0.29, 0.717) is 11.7 Å². The standard InChI is InChI=1S/C22H24N2O2/c25-22(26)20-19(13-15-7-3-1-2-4-8-15)23-21(24-20)18-12-11-16-9-5-6-10-17(16)14-18/h5-6,9-12,14-15H,1-4,7-8,13H2,(H,23,24)(H,25,26). The van der Waals surface area contributed by atoms with Crippen molar-refractivity contribution in [2.45, 2.75) is 44.9 Å². The maximum Gasteiger partial charge on any atom is 0.356 e. The quantitative estimate of drug-likeness (QED) is 0.617. The highest BCUT2D eigenvalue weighted by Crippen LogP contribution is 2.29. The Bertz CT molecular complexity index is 921. The van der Waals surface area contributed by atoms with E-state index in [1.54, 1.807) is 0 Å². The molecule has 0 saturated heterocycles. The first-order valence-corrected chi connectivity index (χ1v) is 9.52. The Balaban J connectivity index is 1.66. The molecule has 4 heteroatoms. The third-order valence-electron chi connectivity index (χ3n) is 5.47. The molecule has 1 fully saturated rings. The van der Waals surface area contributed by atoms with Crippen molar-refractivity contribution in [2.75, 3.05) is 0 Å². The zero-order chi connectivity index (χ0) is 17.9. The van der Waals surface area contributed by atoms with E-state index in [9.17, 15) is 9.90 Å². The molecule has 0 spiro atoms. The minimum atomic E-state index is -0.947. The molecule has 4 nitrogen and oxygen atoms in total. The predicted molar refractivity (Wildman–Crippen MR) is 103 cm³/mol. The Morgan fingerprint density at radius 1 is 1.04 bits per heavy atom. The molecule has 2 N–H and O–H groups in total. The van der Waals surface area contributed by atoms with Crippen LogP contribution in [0.1, 0.15) is 54.7 Å². The Morgan fingerprint density at radius 3 is 2.50 bits per heavy atom. The van der Waals surface area contributed by atoms with E-state index in [1.807, 2.05) is 18.2 Å². The molecule has 0 amide bonds. The van der Waals surface area contributed by atoms with Gasteiger partial charge in [0.2, 0.25) is 0 Å². The number of carboxylic acids is 1. The number of nitrogens with one attached hydrogen (secondary N) is 1. The van der Waals surface area contributed by atoms with Crippen LogP contribution in [-0.4, -0.2) is 21.0 Å². The molecule has 1 aliphatic rings. The Morgan fingerprint density at radius 2 is 1.77 bits per heavy atom. The molecule has 26 heavy (non-hydrogen) atoms. The number of imidazole rings is 1. The van der Waals surface area contributed by atoms with Gasteiger partial charge in [-0.2, -0.15) is 0 Å². The van der Waals surface area contributed by atoms with E-state index in [2.05, 4.69) is 34.2 Å². The van der Waals surface area contributed by atoms with Crippen molar-refractivity contribution in [1.82, 2.24) is 9.97 Å². The maximum absolute atomic E-state index is 11.7. The van der Waals surface area contributed by atoms with Gasteiger partial charge in [-0.1, -0.05) is 74.9 Å². The van der Waals surface area contributed by atoms with Gasteiger partial charge in [-0.3, -0.25) is 0 Å². The molecule has 3 aromatic rings. The highest BCUT2D eigenvalue weighted by Gasteiger charge is 2.21. The second-order valence-corrected chi connectivity index (χ2v) is 7.34. The van der Waals surface area contributed by atoms with E-state index < -0.39 is 5.97 Å². The van der Waals surface area contributed by atoms with Crippen LogP contribution in [0, 0.1) is 5.92 Å². The molecule has 1 heterocycles. The number of rotatable bonds is 4. The molecule has 0 unspecified atom stereocenters. The number of fused-ring (bicyclic) bond motifs is 1. The van der Waals surface area contributed by atoms with Gasteiger partial charge in [0.05, 0.1) is 5.69 Å².